The average Bonchev–Trinajstić information content (AvgIpc) is 2.88. The number of nitrogens with zero attached hydrogens (tertiary/aromatic N) is 1. The van der Waals surface area contributed by atoms with Gasteiger partial charge in [0.2, 0.25) is 11.8 Å². The third-order valence-electron chi connectivity index (χ3n) is 5.94. The summed E-state index contributed by atoms with van der Waals surface area (Å²) in [6.07, 6.45) is 2.39. The number of halogens is 1. The van der Waals surface area contributed by atoms with Gasteiger partial charge in [0, 0.05) is 29.7 Å². The zero-order valence-corrected chi connectivity index (χ0v) is 23.5. The second-order valence-electron chi connectivity index (χ2n) is 8.98. The smallest absolute Gasteiger partial charge is 0.243 e. The minimum atomic E-state index is -0.583. The highest BCUT2D eigenvalue weighted by molar-refractivity contribution is 9.10. The van der Waals surface area contributed by atoms with Crippen molar-refractivity contribution in [1.29, 1.82) is 0 Å². The first kappa shape index (κ1) is 28.0. The first-order valence-electron chi connectivity index (χ1n) is 12.4. The largest absolute Gasteiger partial charge is 0.354 e. The highest BCUT2D eigenvalue weighted by Crippen LogP contribution is 2.20. The van der Waals surface area contributed by atoms with Crippen LogP contribution in [0.25, 0.3) is 0 Å². The van der Waals surface area contributed by atoms with Crippen molar-refractivity contribution < 1.29 is 9.59 Å². The van der Waals surface area contributed by atoms with E-state index in [2.05, 4.69) is 53.3 Å². The van der Waals surface area contributed by atoms with Gasteiger partial charge in [0.1, 0.15) is 6.04 Å². The second kappa shape index (κ2) is 14.9. The summed E-state index contributed by atoms with van der Waals surface area (Å²) in [4.78, 5) is 28.8. The van der Waals surface area contributed by atoms with Crippen LogP contribution in [0.3, 0.4) is 0 Å². The summed E-state index contributed by atoms with van der Waals surface area (Å²) in [6.45, 7) is 5.17. The van der Waals surface area contributed by atoms with Gasteiger partial charge in [0.05, 0.1) is 5.75 Å². The van der Waals surface area contributed by atoms with Crippen LogP contribution in [-0.4, -0.2) is 35.1 Å². The van der Waals surface area contributed by atoms with E-state index in [4.69, 9.17) is 0 Å². The fourth-order valence-corrected chi connectivity index (χ4v) is 5.11. The molecule has 0 aliphatic rings. The maximum atomic E-state index is 13.7. The van der Waals surface area contributed by atoms with Crippen LogP contribution >= 0.6 is 27.7 Å². The number of carbonyl (C=O) groups is 2. The molecule has 0 saturated carbocycles. The lowest BCUT2D eigenvalue weighted by Crippen LogP contribution is -2.51. The number of benzene rings is 3. The van der Waals surface area contributed by atoms with Gasteiger partial charge in [0.15, 0.2) is 0 Å². The van der Waals surface area contributed by atoms with E-state index in [0.717, 1.165) is 34.2 Å². The molecule has 190 valence electrons. The van der Waals surface area contributed by atoms with Crippen molar-refractivity contribution in [2.75, 3.05) is 12.3 Å². The van der Waals surface area contributed by atoms with Gasteiger partial charge in [0.25, 0.3) is 0 Å². The number of nitrogens with one attached hydrogen (secondary N) is 1. The highest BCUT2D eigenvalue weighted by Gasteiger charge is 2.30. The van der Waals surface area contributed by atoms with Crippen molar-refractivity contribution in [3.8, 4) is 0 Å². The maximum Gasteiger partial charge on any atom is 0.243 e. The Labute approximate surface area is 228 Å². The Morgan fingerprint density at radius 2 is 1.67 bits per heavy atom. The molecule has 4 nitrogen and oxygen atoms in total. The molecule has 36 heavy (non-hydrogen) atoms. The zero-order valence-electron chi connectivity index (χ0n) is 21.1. The molecule has 0 aliphatic carbocycles. The third-order valence-corrected chi connectivity index (χ3v) is 7.46. The lowest BCUT2D eigenvalue weighted by molar-refractivity contribution is -0.139. The molecule has 6 heteroatoms. The topological polar surface area (TPSA) is 49.4 Å². The Bertz CT molecular complexity index is 1110. The number of thioether (sulfide) groups is 1. The molecule has 0 fully saturated rings. The summed E-state index contributed by atoms with van der Waals surface area (Å²) in [7, 11) is 0. The summed E-state index contributed by atoms with van der Waals surface area (Å²) in [5.41, 5.74) is 4.44. The normalized spacial score (nSPS) is 11.6. The molecule has 0 spiro atoms. The molecule has 2 amide bonds. The molecule has 3 aromatic rings. The Morgan fingerprint density at radius 1 is 0.944 bits per heavy atom. The van der Waals surface area contributed by atoms with Crippen molar-refractivity contribution in [3.05, 3.63) is 106 Å². The standard InChI is InChI=1S/C30H35BrN2O2S/c1-3-4-17-32-30(35)28(19-24-10-6-5-7-11-24)33(20-25-13-15-27(31)16-14-25)29(34)22-36-21-26-12-8-9-23(2)18-26/h5-16,18,28H,3-4,17,19-22H2,1-2H3,(H,32,35)/t28-/m0/s1. The van der Waals surface area contributed by atoms with E-state index in [1.54, 1.807) is 16.7 Å². The number of carbonyl (C=O) groups excluding carboxylic acids is 2. The number of aryl methyl sites for hydroxylation is 1. The summed E-state index contributed by atoms with van der Waals surface area (Å²) in [6, 6.07) is 25.6. The molecule has 1 atom stereocenters. The van der Waals surface area contributed by atoms with Crippen LogP contribution < -0.4 is 5.32 Å². The van der Waals surface area contributed by atoms with Crippen molar-refractivity contribution in [1.82, 2.24) is 10.2 Å². The Balaban J connectivity index is 1.82. The lowest BCUT2D eigenvalue weighted by atomic mass is 10.0. The first-order valence-corrected chi connectivity index (χ1v) is 14.4. The van der Waals surface area contributed by atoms with Crippen LogP contribution in [-0.2, 0) is 28.3 Å². The van der Waals surface area contributed by atoms with Gasteiger partial charge in [-0.15, -0.1) is 11.8 Å². The quantitative estimate of drug-likeness (QED) is 0.239. The fourth-order valence-electron chi connectivity index (χ4n) is 3.99. The molecule has 0 aromatic heterocycles. The summed E-state index contributed by atoms with van der Waals surface area (Å²) in [5.74, 6) is 0.951. The second-order valence-corrected chi connectivity index (χ2v) is 10.9. The van der Waals surface area contributed by atoms with Crippen LogP contribution in [0.1, 0.15) is 42.0 Å². The molecule has 0 radical (unpaired) electrons. The zero-order chi connectivity index (χ0) is 25.8. The van der Waals surface area contributed by atoms with E-state index in [9.17, 15) is 9.59 Å². The predicted molar refractivity (Wildman–Crippen MR) is 154 cm³/mol. The van der Waals surface area contributed by atoms with Gasteiger partial charge in [-0.1, -0.05) is 102 Å². The summed E-state index contributed by atoms with van der Waals surface area (Å²) < 4.78 is 0.982. The number of hydrogen-bond acceptors (Lipinski definition) is 3. The summed E-state index contributed by atoms with van der Waals surface area (Å²) in [5, 5.41) is 3.08. The van der Waals surface area contributed by atoms with E-state index in [0.29, 0.717) is 25.3 Å². The van der Waals surface area contributed by atoms with Crippen molar-refractivity contribution >= 4 is 39.5 Å². The van der Waals surface area contributed by atoms with E-state index in [1.165, 1.54) is 11.1 Å². The monoisotopic (exact) mass is 566 g/mol. The minimum absolute atomic E-state index is 0.0258. The molecule has 3 rings (SSSR count). The molecular weight excluding hydrogens is 532 g/mol. The molecule has 0 unspecified atom stereocenters. The number of amides is 2. The van der Waals surface area contributed by atoms with E-state index in [-0.39, 0.29) is 11.8 Å². The maximum absolute atomic E-state index is 13.7. The van der Waals surface area contributed by atoms with Crippen LogP contribution in [0.15, 0.2) is 83.3 Å². The highest BCUT2D eigenvalue weighted by atomic mass is 79.9. The molecule has 0 saturated heterocycles. The van der Waals surface area contributed by atoms with Crippen LogP contribution in [0.4, 0.5) is 0 Å². The molecule has 0 bridgehead atoms. The molecular formula is C30H35BrN2O2S. The van der Waals surface area contributed by atoms with Gasteiger partial charge in [-0.25, -0.2) is 0 Å². The first-order chi connectivity index (χ1) is 17.5. The number of rotatable bonds is 13. The summed E-state index contributed by atoms with van der Waals surface area (Å²) >= 11 is 5.08. The van der Waals surface area contributed by atoms with Crippen LogP contribution in [0, 0.1) is 6.92 Å². The minimum Gasteiger partial charge on any atom is -0.354 e. The number of unbranched alkanes of at least 4 members (excludes halogenated alkanes) is 1. The van der Waals surface area contributed by atoms with Gasteiger partial charge in [-0.05, 0) is 42.2 Å². The van der Waals surface area contributed by atoms with Gasteiger partial charge in [-0.3, -0.25) is 9.59 Å². The molecule has 3 aromatic carbocycles. The lowest BCUT2D eigenvalue weighted by Gasteiger charge is -2.31. The third kappa shape index (κ3) is 9.14. The van der Waals surface area contributed by atoms with Crippen molar-refractivity contribution in [2.45, 2.75) is 51.4 Å². The van der Waals surface area contributed by atoms with Crippen LogP contribution in [0.5, 0.6) is 0 Å². The Hall–Kier alpha value is -2.57. The molecule has 1 N–H and O–H groups in total. The van der Waals surface area contributed by atoms with Crippen molar-refractivity contribution in [3.63, 3.8) is 0 Å². The Morgan fingerprint density at radius 3 is 2.36 bits per heavy atom. The molecule has 0 heterocycles. The van der Waals surface area contributed by atoms with Gasteiger partial charge < -0.3 is 10.2 Å². The van der Waals surface area contributed by atoms with E-state index in [1.807, 2.05) is 60.7 Å². The van der Waals surface area contributed by atoms with Gasteiger partial charge >= 0.3 is 0 Å². The molecule has 0 aliphatic heterocycles. The Kier molecular flexibility index (Phi) is 11.6. The van der Waals surface area contributed by atoms with Crippen molar-refractivity contribution in [2.24, 2.45) is 0 Å². The SMILES string of the molecule is CCCCNC(=O)[C@H](Cc1ccccc1)N(Cc1ccc(Br)cc1)C(=O)CSCc1cccc(C)c1. The van der Waals surface area contributed by atoms with Crippen LogP contribution in [0.2, 0.25) is 0 Å². The van der Waals surface area contributed by atoms with E-state index >= 15 is 0 Å². The average molecular weight is 568 g/mol. The predicted octanol–water partition coefficient (Wildman–Crippen LogP) is 6.55. The fraction of sp³-hybridized carbons (Fsp3) is 0.333. The number of hydrogen-bond donors (Lipinski definition) is 1. The van der Waals surface area contributed by atoms with E-state index < -0.39 is 6.04 Å². The van der Waals surface area contributed by atoms with Gasteiger partial charge in [-0.2, -0.15) is 0 Å².